The van der Waals surface area contributed by atoms with E-state index in [-0.39, 0.29) is 23.5 Å². The van der Waals surface area contributed by atoms with Crippen molar-refractivity contribution in [3.63, 3.8) is 0 Å². The third kappa shape index (κ3) is 4.47. The van der Waals surface area contributed by atoms with Crippen LogP contribution in [0.1, 0.15) is 15.9 Å². The van der Waals surface area contributed by atoms with Gasteiger partial charge in [0.25, 0.3) is 5.56 Å². The molecule has 0 bridgehead atoms. The van der Waals surface area contributed by atoms with Crippen molar-refractivity contribution in [2.24, 2.45) is 0 Å². The molecule has 0 amide bonds. The van der Waals surface area contributed by atoms with Gasteiger partial charge in [0.15, 0.2) is 5.78 Å². The first-order chi connectivity index (χ1) is 14.0. The topological polar surface area (TPSA) is 90.7 Å². The summed E-state index contributed by atoms with van der Waals surface area (Å²) in [6.07, 6.45) is 0. The Hall–Kier alpha value is -3.16. The first-order valence-corrected chi connectivity index (χ1v) is 9.07. The van der Waals surface area contributed by atoms with Gasteiger partial charge in [-0.2, -0.15) is 0 Å². The van der Waals surface area contributed by atoms with Crippen LogP contribution in [-0.4, -0.2) is 41.5 Å². The fourth-order valence-electron chi connectivity index (χ4n) is 2.90. The van der Waals surface area contributed by atoms with E-state index in [1.807, 2.05) is 12.1 Å². The summed E-state index contributed by atoms with van der Waals surface area (Å²) in [5.74, 6) is 0.373. The molecule has 0 radical (unpaired) electrons. The fraction of sp³-hybridized carbons (Fsp3) is 0.190. The van der Waals surface area contributed by atoms with Crippen LogP contribution in [0.3, 0.4) is 0 Å². The Bertz CT molecular complexity index is 1090. The summed E-state index contributed by atoms with van der Waals surface area (Å²) >= 11 is 6.08. The number of hydrogen-bond acceptors (Lipinski definition) is 6. The van der Waals surface area contributed by atoms with Crippen molar-refractivity contribution in [2.45, 2.75) is 6.54 Å². The van der Waals surface area contributed by atoms with E-state index >= 15 is 0 Å². The number of hydrogen-bond donors (Lipinski definition) is 1. The SMILES string of the molecule is COc1ccc(Cn2nc(OC)c(-c3cc(Cl)ccc3C(=O)CO)cc2=O)cc1. The second-order valence-corrected chi connectivity index (χ2v) is 6.62. The lowest BCUT2D eigenvalue weighted by molar-refractivity contribution is 0.0904. The molecule has 8 heteroatoms. The van der Waals surface area contributed by atoms with Gasteiger partial charge in [0, 0.05) is 16.7 Å². The van der Waals surface area contributed by atoms with Crippen LogP contribution < -0.4 is 15.0 Å². The molecule has 1 heterocycles. The van der Waals surface area contributed by atoms with E-state index in [4.69, 9.17) is 21.1 Å². The number of rotatable bonds is 7. The third-order valence-electron chi connectivity index (χ3n) is 4.36. The maximum atomic E-state index is 12.7. The van der Waals surface area contributed by atoms with Gasteiger partial charge in [0.05, 0.1) is 26.3 Å². The number of carbonyl (C=O) groups is 1. The highest BCUT2D eigenvalue weighted by molar-refractivity contribution is 6.31. The second kappa shape index (κ2) is 8.89. The number of carbonyl (C=O) groups excluding carboxylic acids is 1. The van der Waals surface area contributed by atoms with Gasteiger partial charge in [-0.3, -0.25) is 9.59 Å². The van der Waals surface area contributed by atoms with Gasteiger partial charge in [-0.1, -0.05) is 23.7 Å². The molecular weight excluding hydrogens is 396 g/mol. The smallest absolute Gasteiger partial charge is 0.267 e. The summed E-state index contributed by atoms with van der Waals surface area (Å²) in [5, 5.41) is 13.9. The second-order valence-electron chi connectivity index (χ2n) is 6.18. The Balaban J connectivity index is 2.07. The maximum absolute atomic E-state index is 12.7. The molecule has 0 aliphatic rings. The van der Waals surface area contributed by atoms with Crippen molar-refractivity contribution < 1.29 is 19.4 Å². The highest BCUT2D eigenvalue weighted by Crippen LogP contribution is 2.32. The van der Waals surface area contributed by atoms with Gasteiger partial charge in [-0.05, 0) is 41.5 Å². The molecule has 0 aliphatic heterocycles. The number of aromatic nitrogens is 2. The molecule has 0 spiro atoms. The van der Waals surface area contributed by atoms with Crippen LogP contribution in [0.4, 0.5) is 0 Å². The number of aliphatic hydroxyl groups is 1. The van der Waals surface area contributed by atoms with Crippen LogP contribution in [-0.2, 0) is 6.54 Å². The van der Waals surface area contributed by atoms with Crippen molar-refractivity contribution in [1.29, 1.82) is 0 Å². The lowest BCUT2D eigenvalue weighted by Gasteiger charge is -2.14. The zero-order chi connectivity index (χ0) is 21.0. The fourth-order valence-corrected chi connectivity index (χ4v) is 3.07. The number of ether oxygens (including phenoxy) is 2. The number of halogens is 1. The zero-order valence-electron chi connectivity index (χ0n) is 15.9. The van der Waals surface area contributed by atoms with E-state index in [9.17, 15) is 14.7 Å². The van der Waals surface area contributed by atoms with Crippen LogP contribution in [0.15, 0.2) is 53.3 Å². The Morgan fingerprint density at radius 1 is 1.07 bits per heavy atom. The molecule has 0 fully saturated rings. The van der Waals surface area contributed by atoms with Gasteiger partial charge >= 0.3 is 0 Å². The molecule has 1 N–H and O–H groups in total. The van der Waals surface area contributed by atoms with Gasteiger partial charge in [0.2, 0.25) is 5.88 Å². The Morgan fingerprint density at radius 3 is 2.41 bits per heavy atom. The Morgan fingerprint density at radius 2 is 1.79 bits per heavy atom. The zero-order valence-corrected chi connectivity index (χ0v) is 16.6. The van der Waals surface area contributed by atoms with Crippen LogP contribution in [0.2, 0.25) is 5.02 Å². The van der Waals surface area contributed by atoms with Gasteiger partial charge in [0.1, 0.15) is 12.4 Å². The van der Waals surface area contributed by atoms with Gasteiger partial charge in [-0.15, -0.1) is 5.10 Å². The molecule has 0 saturated heterocycles. The molecule has 150 valence electrons. The highest BCUT2D eigenvalue weighted by Gasteiger charge is 2.19. The maximum Gasteiger partial charge on any atom is 0.267 e. The van der Waals surface area contributed by atoms with E-state index in [0.717, 1.165) is 5.56 Å². The van der Waals surface area contributed by atoms with Crippen molar-refractivity contribution in [1.82, 2.24) is 9.78 Å². The minimum absolute atomic E-state index is 0.160. The standard InChI is InChI=1S/C21H19ClN2O5/c1-28-15-6-3-13(4-7-15)11-24-20(27)10-18(21(23-24)29-2)17-9-14(22)5-8-16(17)19(26)12-25/h3-10,25H,11-12H2,1-2H3. The van der Waals surface area contributed by atoms with Crippen LogP contribution in [0, 0.1) is 0 Å². The molecule has 0 unspecified atom stereocenters. The van der Waals surface area contributed by atoms with Crippen molar-refractivity contribution in [3.8, 4) is 22.8 Å². The average Bonchev–Trinajstić information content (AvgIpc) is 2.74. The number of methoxy groups -OCH3 is 2. The molecule has 1 aromatic heterocycles. The molecule has 0 aliphatic carbocycles. The quantitative estimate of drug-likeness (QED) is 0.598. The summed E-state index contributed by atoms with van der Waals surface area (Å²) in [5.41, 5.74) is 1.40. The predicted octanol–water partition coefficient (Wildman–Crippen LogP) is 2.80. The minimum atomic E-state index is -0.668. The van der Waals surface area contributed by atoms with Gasteiger partial charge < -0.3 is 14.6 Å². The summed E-state index contributed by atoms with van der Waals surface area (Å²) in [6, 6.07) is 13.2. The number of aliphatic hydroxyl groups excluding tert-OH is 1. The summed E-state index contributed by atoms with van der Waals surface area (Å²) < 4.78 is 11.8. The van der Waals surface area contributed by atoms with E-state index in [2.05, 4.69) is 5.10 Å². The van der Waals surface area contributed by atoms with Crippen molar-refractivity contribution >= 4 is 17.4 Å². The molecule has 7 nitrogen and oxygen atoms in total. The third-order valence-corrected chi connectivity index (χ3v) is 4.60. The number of benzene rings is 2. The first-order valence-electron chi connectivity index (χ1n) is 8.70. The van der Waals surface area contributed by atoms with Crippen molar-refractivity contribution in [3.05, 3.63) is 75.0 Å². The lowest BCUT2D eigenvalue weighted by Crippen LogP contribution is -2.24. The largest absolute Gasteiger partial charge is 0.497 e. The summed E-state index contributed by atoms with van der Waals surface area (Å²) in [6.45, 7) is -0.434. The van der Waals surface area contributed by atoms with E-state index in [1.165, 1.54) is 30.0 Å². The van der Waals surface area contributed by atoms with E-state index in [1.54, 1.807) is 25.3 Å². The Kier molecular flexibility index (Phi) is 6.31. The molecule has 2 aromatic carbocycles. The van der Waals surface area contributed by atoms with E-state index < -0.39 is 12.4 Å². The monoisotopic (exact) mass is 414 g/mol. The van der Waals surface area contributed by atoms with Crippen molar-refractivity contribution in [2.75, 3.05) is 20.8 Å². The number of ketones is 1. The molecule has 3 aromatic rings. The minimum Gasteiger partial charge on any atom is -0.497 e. The van der Waals surface area contributed by atoms with Crippen LogP contribution >= 0.6 is 11.6 Å². The van der Waals surface area contributed by atoms with Crippen LogP contribution in [0.5, 0.6) is 11.6 Å². The molecule has 0 atom stereocenters. The normalized spacial score (nSPS) is 10.6. The molecule has 0 saturated carbocycles. The molecular formula is C21H19ClN2O5. The highest BCUT2D eigenvalue weighted by atomic mass is 35.5. The summed E-state index contributed by atoms with van der Waals surface area (Å²) in [4.78, 5) is 24.8. The average molecular weight is 415 g/mol. The predicted molar refractivity (Wildman–Crippen MR) is 109 cm³/mol. The Labute approximate surface area is 172 Å². The molecule has 29 heavy (non-hydrogen) atoms. The molecule has 3 rings (SSSR count). The lowest BCUT2D eigenvalue weighted by atomic mass is 9.98. The van der Waals surface area contributed by atoms with E-state index in [0.29, 0.717) is 21.9 Å². The summed E-state index contributed by atoms with van der Waals surface area (Å²) in [7, 11) is 3.00. The number of nitrogens with zero attached hydrogens (tertiary/aromatic N) is 2. The van der Waals surface area contributed by atoms with Crippen LogP contribution in [0.25, 0.3) is 11.1 Å². The first kappa shape index (κ1) is 20.6. The number of Topliss-reactive ketones (excluding diaryl/α,β-unsaturated/α-hetero) is 1. The van der Waals surface area contributed by atoms with Gasteiger partial charge in [-0.25, -0.2) is 4.68 Å².